The van der Waals surface area contributed by atoms with Gasteiger partial charge < -0.3 is 9.47 Å². The van der Waals surface area contributed by atoms with Crippen molar-refractivity contribution in [2.24, 2.45) is 4.99 Å². The Bertz CT molecular complexity index is 1080. The Labute approximate surface area is 190 Å². The van der Waals surface area contributed by atoms with Gasteiger partial charge in [0.05, 0.1) is 24.4 Å². The summed E-state index contributed by atoms with van der Waals surface area (Å²) in [6, 6.07) is 10.8. The van der Waals surface area contributed by atoms with E-state index in [9.17, 15) is 9.59 Å². The maximum atomic E-state index is 12.2. The van der Waals surface area contributed by atoms with Crippen LogP contribution in [0.1, 0.15) is 29.3 Å². The summed E-state index contributed by atoms with van der Waals surface area (Å²) in [4.78, 5) is 30.3. The first-order valence-corrected chi connectivity index (χ1v) is 10.9. The molecule has 1 amide bonds. The van der Waals surface area contributed by atoms with E-state index >= 15 is 0 Å². The number of ether oxygens (including phenoxy) is 2. The molecule has 3 rings (SSSR count). The summed E-state index contributed by atoms with van der Waals surface area (Å²) in [5.41, 5.74) is 2.62. The summed E-state index contributed by atoms with van der Waals surface area (Å²) in [7, 11) is 1.32. The van der Waals surface area contributed by atoms with Crippen molar-refractivity contribution in [1.82, 2.24) is 0 Å². The van der Waals surface area contributed by atoms with E-state index in [0.29, 0.717) is 39.9 Å². The Balaban J connectivity index is 1.83. The Morgan fingerprint density at radius 3 is 2.84 bits per heavy atom. The van der Waals surface area contributed by atoms with Crippen LogP contribution >= 0.6 is 23.4 Å². The van der Waals surface area contributed by atoms with Crippen molar-refractivity contribution >= 4 is 51.7 Å². The number of carbonyl (C=O) groups is 2. The third-order valence-corrected chi connectivity index (χ3v) is 5.85. The van der Waals surface area contributed by atoms with E-state index < -0.39 is 6.09 Å². The topological polar surface area (TPSA) is 68.2 Å². The molecular weight excluding hydrogens is 436 g/mol. The van der Waals surface area contributed by atoms with Gasteiger partial charge in [-0.3, -0.25) is 9.69 Å². The van der Waals surface area contributed by atoms with E-state index in [1.807, 2.05) is 24.3 Å². The number of terminal acetylenes is 1. The van der Waals surface area contributed by atoms with Crippen molar-refractivity contribution in [3.63, 3.8) is 0 Å². The SMILES string of the molecule is C#CCN(C(=O)OC)c1ccccc1CSC1=Nc2cc(C(=O)CC)cc(Cl)c2OC1. The second-order valence-electron chi connectivity index (χ2n) is 6.55. The highest BCUT2D eigenvalue weighted by Crippen LogP contribution is 2.40. The van der Waals surface area contributed by atoms with E-state index in [-0.39, 0.29) is 18.9 Å². The number of ketones is 1. The number of methoxy groups -OCH3 is 1. The third-order valence-electron chi connectivity index (χ3n) is 4.57. The lowest BCUT2D eigenvalue weighted by molar-refractivity contribution is 0.0988. The molecule has 6 nitrogen and oxygen atoms in total. The van der Waals surface area contributed by atoms with Gasteiger partial charge in [-0.05, 0) is 23.8 Å². The zero-order valence-corrected chi connectivity index (χ0v) is 18.8. The normalized spacial score (nSPS) is 12.1. The van der Waals surface area contributed by atoms with Gasteiger partial charge in [0.15, 0.2) is 11.5 Å². The van der Waals surface area contributed by atoms with E-state index in [2.05, 4.69) is 10.9 Å². The number of rotatable bonds is 6. The number of para-hydroxylation sites is 1. The molecule has 1 heterocycles. The highest BCUT2D eigenvalue weighted by atomic mass is 35.5. The number of nitrogens with zero attached hydrogens (tertiary/aromatic N) is 2. The molecule has 0 aromatic heterocycles. The van der Waals surface area contributed by atoms with Gasteiger partial charge in [-0.25, -0.2) is 9.79 Å². The Morgan fingerprint density at radius 2 is 2.13 bits per heavy atom. The van der Waals surface area contributed by atoms with Crippen LogP contribution in [-0.2, 0) is 10.5 Å². The predicted molar refractivity (Wildman–Crippen MR) is 125 cm³/mol. The molecule has 0 bridgehead atoms. The number of thioether (sulfide) groups is 1. The molecule has 0 saturated carbocycles. The second-order valence-corrected chi connectivity index (χ2v) is 8.01. The van der Waals surface area contributed by atoms with E-state index in [1.54, 1.807) is 19.1 Å². The zero-order chi connectivity index (χ0) is 22.4. The number of amides is 1. The molecule has 0 saturated heterocycles. The lowest BCUT2D eigenvalue weighted by Crippen LogP contribution is -2.31. The largest absolute Gasteiger partial charge is 0.483 e. The molecule has 0 radical (unpaired) electrons. The highest BCUT2D eigenvalue weighted by molar-refractivity contribution is 8.13. The van der Waals surface area contributed by atoms with E-state index in [4.69, 9.17) is 27.5 Å². The molecule has 0 spiro atoms. The van der Waals surface area contributed by atoms with Gasteiger partial charge in [0.25, 0.3) is 0 Å². The first-order chi connectivity index (χ1) is 15.0. The monoisotopic (exact) mass is 456 g/mol. The maximum Gasteiger partial charge on any atom is 0.414 e. The molecule has 0 aliphatic carbocycles. The van der Waals surface area contributed by atoms with Crippen LogP contribution < -0.4 is 9.64 Å². The number of halogens is 1. The number of anilines is 1. The van der Waals surface area contributed by atoms with Crippen LogP contribution in [0, 0.1) is 12.3 Å². The number of carbonyl (C=O) groups excluding carboxylic acids is 2. The molecule has 0 atom stereocenters. The molecular formula is C23H21ClN2O4S. The fourth-order valence-electron chi connectivity index (χ4n) is 3.05. The van der Waals surface area contributed by atoms with E-state index in [1.165, 1.54) is 23.8 Å². The second kappa shape index (κ2) is 10.4. The lowest BCUT2D eigenvalue weighted by Gasteiger charge is -2.22. The van der Waals surface area contributed by atoms with Gasteiger partial charge in [-0.15, -0.1) is 18.2 Å². The van der Waals surface area contributed by atoms with Crippen LogP contribution in [0.4, 0.5) is 16.2 Å². The molecule has 1 aliphatic heterocycles. The smallest absolute Gasteiger partial charge is 0.414 e. The van der Waals surface area contributed by atoms with Crippen molar-refractivity contribution in [3.8, 4) is 18.1 Å². The van der Waals surface area contributed by atoms with Crippen LogP contribution in [0.25, 0.3) is 0 Å². The molecule has 0 N–H and O–H groups in total. The molecule has 1 aliphatic rings. The number of benzene rings is 2. The zero-order valence-electron chi connectivity index (χ0n) is 17.2. The number of hydrogen-bond acceptors (Lipinski definition) is 6. The van der Waals surface area contributed by atoms with Crippen LogP contribution in [-0.4, -0.2) is 37.2 Å². The maximum absolute atomic E-state index is 12.2. The third kappa shape index (κ3) is 5.22. The fourth-order valence-corrected chi connectivity index (χ4v) is 4.19. The van der Waals surface area contributed by atoms with Gasteiger partial charge >= 0.3 is 6.09 Å². The van der Waals surface area contributed by atoms with Gasteiger partial charge in [0, 0.05) is 17.7 Å². The van der Waals surface area contributed by atoms with Gasteiger partial charge in [-0.2, -0.15) is 0 Å². The molecule has 8 heteroatoms. The van der Waals surface area contributed by atoms with Crippen LogP contribution in [0.3, 0.4) is 0 Å². The van der Waals surface area contributed by atoms with Crippen molar-refractivity contribution in [1.29, 1.82) is 0 Å². The summed E-state index contributed by atoms with van der Waals surface area (Å²) < 4.78 is 10.6. The van der Waals surface area contributed by atoms with Gasteiger partial charge in [0.1, 0.15) is 17.3 Å². The minimum atomic E-state index is -0.523. The fraction of sp³-hybridized carbons (Fsp3) is 0.261. The van der Waals surface area contributed by atoms with Crippen molar-refractivity contribution in [3.05, 3.63) is 52.5 Å². The minimum absolute atomic E-state index is 0.00924. The quantitative estimate of drug-likeness (QED) is 0.424. The van der Waals surface area contributed by atoms with Crippen molar-refractivity contribution < 1.29 is 19.1 Å². The van der Waals surface area contributed by atoms with Crippen LogP contribution in [0.2, 0.25) is 5.02 Å². The average molecular weight is 457 g/mol. The molecule has 0 fully saturated rings. The van der Waals surface area contributed by atoms with Crippen LogP contribution in [0.15, 0.2) is 41.4 Å². The Morgan fingerprint density at radius 1 is 1.35 bits per heavy atom. The Kier molecular flexibility index (Phi) is 7.61. The summed E-state index contributed by atoms with van der Waals surface area (Å²) in [5, 5.41) is 1.11. The number of aliphatic imine (C=N–C) groups is 1. The lowest BCUT2D eigenvalue weighted by atomic mass is 10.1. The van der Waals surface area contributed by atoms with Crippen LogP contribution in [0.5, 0.6) is 5.75 Å². The summed E-state index contributed by atoms with van der Waals surface area (Å²) >= 11 is 7.75. The number of Topliss-reactive ketones (excluding diaryl/α,β-unsaturated/α-hetero) is 1. The predicted octanol–water partition coefficient (Wildman–Crippen LogP) is 5.49. The van der Waals surface area contributed by atoms with Gasteiger partial charge in [0.2, 0.25) is 0 Å². The minimum Gasteiger partial charge on any atom is -0.483 e. The average Bonchev–Trinajstić information content (AvgIpc) is 2.80. The summed E-state index contributed by atoms with van der Waals surface area (Å²) in [6.45, 7) is 2.16. The molecule has 0 unspecified atom stereocenters. The number of hydrogen-bond donors (Lipinski definition) is 0. The molecule has 160 valence electrons. The standard InChI is InChI=1S/C23H21ClN2O4S/c1-4-10-26(23(28)29-3)19-9-7-6-8-15(19)14-31-21-13-30-22-17(24)11-16(20(27)5-2)12-18(22)25-21/h1,6-9,11-12H,5,10,13-14H2,2-3H3. The molecule has 2 aromatic rings. The van der Waals surface area contributed by atoms with Gasteiger partial charge in [-0.1, -0.05) is 42.6 Å². The Hall–Kier alpha value is -2.95. The van der Waals surface area contributed by atoms with Crippen molar-refractivity contribution in [2.75, 3.05) is 25.2 Å². The number of fused-ring (bicyclic) bond motifs is 1. The highest BCUT2D eigenvalue weighted by Gasteiger charge is 2.21. The summed E-state index contributed by atoms with van der Waals surface area (Å²) in [6.07, 6.45) is 5.28. The summed E-state index contributed by atoms with van der Waals surface area (Å²) in [5.74, 6) is 3.49. The van der Waals surface area contributed by atoms with E-state index in [0.717, 1.165) is 10.6 Å². The molecule has 2 aromatic carbocycles. The van der Waals surface area contributed by atoms with Crippen molar-refractivity contribution in [2.45, 2.75) is 19.1 Å². The first kappa shape index (κ1) is 22.7. The molecule has 31 heavy (non-hydrogen) atoms. The first-order valence-electron chi connectivity index (χ1n) is 9.55.